The van der Waals surface area contributed by atoms with Crippen LogP contribution in [0.3, 0.4) is 0 Å². The molecule has 30 heavy (non-hydrogen) atoms. The third-order valence-electron chi connectivity index (χ3n) is 4.31. The summed E-state index contributed by atoms with van der Waals surface area (Å²) in [4.78, 5) is 15.9. The van der Waals surface area contributed by atoms with Gasteiger partial charge in [-0.1, -0.05) is 25.1 Å². The highest BCUT2D eigenvalue weighted by Gasteiger charge is 2.06. The molecule has 5 nitrogen and oxygen atoms in total. The summed E-state index contributed by atoms with van der Waals surface area (Å²) in [5.74, 6) is 1.26. The number of hydrogen-bond donors (Lipinski definition) is 3. The van der Waals surface area contributed by atoms with Gasteiger partial charge in [0, 0.05) is 38.0 Å². The number of guanidine groups is 1. The van der Waals surface area contributed by atoms with E-state index < -0.39 is 0 Å². The first kappa shape index (κ1) is 26.2. The minimum atomic E-state index is -0.213. The molecule has 2 aromatic rings. The fraction of sp³-hybridized carbons (Fsp3) is 0.364. The number of benzene rings is 2. The van der Waals surface area contributed by atoms with Gasteiger partial charge in [-0.25, -0.2) is 4.39 Å². The van der Waals surface area contributed by atoms with Crippen LogP contribution in [0.25, 0.3) is 0 Å². The quantitative estimate of drug-likeness (QED) is 0.239. The number of carbonyl (C=O) groups excluding carboxylic acids is 1. The predicted octanol–water partition coefficient (Wildman–Crippen LogP) is 4.91. The van der Waals surface area contributed by atoms with E-state index in [2.05, 4.69) is 20.9 Å². The van der Waals surface area contributed by atoms with Crippen molar-refractivity contribution in [3.05, 3.63) is 65.0 Å². The molecule has 0 spiro atoms. The Morgan fingerprint density at radius 1 is 1.07 bits per heavy atom. The molecule has 0 bridgehead atoms. The van der Waals surface area contributed by atoms with Crippen LogP contribution < -0.4 is 16.0 Å². The Labute approximate surface area is 199 Å². The standard InChI is InChI=1S/C22H29FN4OS.HI/c1-4-5-21(28)27-20-10-6-16(7-11-20)13-25-22(24-2)26-14-17-8-9-19(23)12-18(17)15-29-3;/h6-12H,4-5,13-15H2,1-3H3,(H,27,28)(H2,24,25,26);1H. The molecule has 1 amide bonds. The Hall–Kier alpha value is -1.81. The lowest BCUT2D eigenvalue weighted by Gasteiger charge is -2.14. The lowest BCUT2D eigenvalue weighted by Crippen LogP contribution is -2.36. The summed E-state index contributed by atoms with van der Waals surface area (Å²) in [6.45, 7) is 3.15. The zero-order valence-corrected chi connectivity index (χ0v) is 20.8. The van der Waals surface area contributed by atoms with E-state index in [0.717, 1.165) is 34.6 Å². The Balaban J connectivity index is 0.00000450. The van der Waals surface area contributed by atoms with Gasteiger partial charge in [0.2, 0.25) is 5.91 Å². The van der Waals surface area contributed by atoms with E-state index in [1.54, 1.807) is 24.9 Å². The number of amides is 1. The van der Waals surface area contributed by atoms with Crippen LogP contribution in [-0.4, -0.2) is 25.2 Å². The number of aliphatic imine (C=N–C) groups is 1. The summed E-state index contributed by atoms with van der Waals surface area (Å²) in [5, 5.41) is 9.43. The van der Waals surface area contributed by atoms with Crippen molar-refractivity contribution in [2.24, 2.45) is 4.99 Å². The molecule has 0 saturated carbocycles. The maximum absolute atomic E-state index is 13.5. The van der Waals surface area contributed by atoms with Gasteiger partial charge >= 0.3 is 0 Å². The van der Waals surface area contributed by atoms with Gasteiger partial charge < -0.3 is 16.0 Å². The molecule has 2 rings (SSSR count). The number of rotatable bonds is 9. The third kappa shape index (κ3) is 8.91. The zero-order chi connectivity index (χ0) is 21.1. The number of nitrogens with zero attached hydrogens (tertiary/aromatic N) is 1. The number of hydrogen-bond acceptors (Lipinski definition) is 3. The van der Waals surface area contributed by atoms with Crippen LogP contribution in [0.1, 0.15) is 36.5 Å². The molecule has 0 aliphatic heterocycles. The largest absolute Gasteiger partial charge is 0.352 e. The fourth-order valence-corrected chi connectivity index (χ4v) is 3.38. The second-order valence-corrected chi connectivity index (χ2v) is 7.49. The highest BCUT2D eigenvalue weighted by Crippen LogP contribution is 2.16. The van der Waals surface area contributed by atoms with Crippen LogP contribution in [-0.2, 0) is 23.6 Å². The lowest BCUT2D eigenvalue weighted by molar-refractivity contribution is -0.116. The van der Waals surface area contributed by atoms with Crippen molar-refractivity contribution in [2.45, 2.75) is 38.6 Å². The molecule has 164 valence electrons. The van der Waals surface area contributed by atoms with Gasteiger partial charge in [-0.2, -0.15) is 11.8 Å². The van der Waals surface area contributed by atoms with Crippen molar-refractivity contribution in [3.63, 3.8) is 0 Å². The molecule has 0 atom stereocenters. The highest BCUT2D eigenvalue weighted by atomic mass is 127. The van der Waals surface area contributed by atoms with Gasteiger partial charge in [-0.3, -0.25) is 9.79 Å². The van der Waals surface area contributed by atoms with Gasteiger partial charge in [0.1, 0.15) is 5.82 Å². The molecule has 8 heteroatoms. The average molecular weight is 544 g/mol. The minimum Gasteiger partial charge on any atom is -0.352 e. The van der Waals surface area contributed by atoms with Crippen LogP contribution in [0.2, 0.25) is 0 Å². The van der Waals surface area contributed by atoms with Crippen LogP contribution in [0.15, 0.2) is 47.5 Å². The van der Waals surface area contributed by atoms with Crippen molar-refractivity contribution < 1.29 is 9.18 Å². The molecule has 0 heterocycles. The van der Waals surface area contributed by atoms with Crippen molar-refractivity contribution in [2.75, 3.05) is 18.6 Å². The molecular weight excluding hydrogens is 514 g/mol. The lowest BCUT2D eigenvalue weighted by atomic mass is 10.1. The first-order chi connectivity index (χ1) is 14.0. The van der Waals surface area contributed by atoms with Crippen molar-refractivity contribution >= 4 is 53.3 Å². The Morgan fingerprint density at radius 3 is 2.40 bits per heavy atom. The van der Waals surface area contributed by atoms with Gasteiger partial charge in [0.25, 0.3) is 0 Å². The molecule has 0 aromatic heterocycles. The summed E-state index contributed by atoms with van der Waals surface area (Å²) < 4.78 is 13.5. The van der Waals surface area contributed by atoms with Gasteiger partial charge in [-0.05, 0) is 53.6 Å². The molecule has 0 aliphatic carbocycles. The van der Waals surface area contributed by atoms with Crippen LogP contribution in [0.5, 0.6) is 0 Å². The van der Waals surface area contributed by atoms with Gasteiger partial charge in [-0.15, -0.1) is 24.0 Å². The molecule has 0 saturated heterocycles. The first-order valence-electron chi connectivity index (χ1n) is 9.65. The number of nitrogens with one attached hydrogen (secondary N) is 3. The molecule has 0 fully saturated rings. The molecular formula is C22H30FIN4OS. The Morgan fingerprint density at radius 2 is 1.77 bits per heavy atom. The van der Waals surface area contributed by atoms with Crippen molar-refractivity contribution in [1.82, 2.24) is 10.6 Å². The maximum atomic E-state index is 13.5. The summed E-state index contributed by atoms with van der Waals surface area (Å²) in [6, 6.07) is 12.6. The fourth-order valence-electron chi connectivity index (χ4n) is 2.80. The Bertz CT molecular complexity index is 830. The highest BCUT2D eigenvalue weighted by molar-refractivity contribution is 14.0. The Kier molecular flexibility index (Phi) is 12.4. The number of halogens is 2. The summed E-state index contributed by atoms with van der Waals surface area (Å²) in [6.07, 6.45) is 3.36. The van der Waals surface area contributed by atoms with E-state index in [4.69, 9.17) is 0 Å². The number of thioether (sulfide) groups is 1. The summed E-state index contributed by atoms with van der Waals surface area (Å²) >= 11 is 1.67. The van der Waals surface area contributed by atoms with Crippen molar-refractivity contribution in [1.29, 1.82) is 0 Å². The van der Waals surface area contributed by atoms with Crippen molar-refractivity contribution in [3.8, 4) is 0 Å². The first-order valence-corrected chi connectivity index (χ1v) is 11.0. The van der Waals surface area contributed by atoms with E-state index >= 15 is 0 Å². The topological polar surface area (TPSA) is 65.5 Å². The maximum Gasteiger partial charge on any atom is 0.224 e. The second-order valence-electron chi connectivity index (χ2n) is 6.62. The SMILES string of the molecule is CCCC(=O)Nc1ccc(CNC(=NC)NCc2ccc(F)cc2CSC)cc1.I. The predicted molar refractivity (Wildman–Crippen MR) is 136 cm³/mol. The molecule has 2 aromatic carbocycles. The summed E-state index contributed by atoms with van der Waals surface area (Å²) in [5.41, 5.74) is 3.91. The van der Waals surface area contributed by atoms with E-state index in [0.29, 0.717) is 25.5 Å². The molecule has 0 unspecified atom stereocenters. The van der Waals surface area contributed by atoms with Crippen LogP contribution in [0.4, 0.5) is 10.1 Å². The van der Waals surface area contributed by atoms with Crippen LogP contribution in [0, 0.1) is 5.82 Å². The monoisotopic (exact) mass is 544 g/mol. The molecule has 0 aliphatic rings. The summed E-state index contributed by atoms with van der Waals surface area (Å²) in [7, 11) is 1.72. The smallest absolute Gasteiger partial charge is 0.224 e. The number of carbonyl (C=O) groups is 1. The van der Waals surface area contributed by atoms with E-state index in [1.165, 1.54) is 6.07 Å². The molecule has 3 N–H and O–H groups in total. The normalized spacial score (nSPS) is 10.9. The second kappa shape index (κ2) is 14.2. The average Bonchev–Trinajstić information content (AvgIpc) is 2.71. The minimum absolute atomic E-state index is 0. The van der Waals surface area contributed by atoms with E-state index in [1.807, 2.05) is 43.5 Å². The number of anilines is 1. The van der Waals surface area contributed by atoms with Crippen LogP contribution >= 0.6 is 35.7 Å². The molecule has 0 radical (unpaired) electrons. The van der Waals surface area contributed by atoms with E-state index in [-0.39, 0.29) is 35.7 Å². The van der Waals surface area contributed by atoms with Gasteiger partial charge in [0.15, 0.2) is 5.96 Å². The van der Waals surface area contributed by atoms with Gasteiger partial charge in [0.05, 0.1) is 0 Å². The van der Waals surface area contributed by atoms with E-state index in [9.17, 15) is 9.18 Å². The third-order valence-corrected chi connectivity index (χ3v) is 4.91. The zero-order valence-electron chi connectivity index (χ0n) is 17.6.